The molecule has 0 saturated carbocycles. The van der Waals surface area contributed by atoms with Crippen LogP contribution in [0.3, 0.4) is 0 Å². The Kier molecular flexibility index (Phi) is 5.81. The number of aromatic nitrogens is 2. The maximum Gasteiger partial charge on any atom is 0.238 e. The van der Waals surface area contributed by atoms with Crippen LogP contribution in [0, 0.1) is 5.82 Å². The second kappa shape index (κ2) is 7.93. The highest BCUT2D eigenvalue weighted by Crippen LogP contribution is 2.22. The van der Waals surface area contributed by atoms with Crippen LogP contribution in [0.4, 0.5) is 4.39 Å². The van der Waals surface area contributed by atoms with Gasteiger partial charge in [0.15, 0.2) is 0 Å². The first-order chi connectivity index (χ1) is 12.8. The molecule has 148 valence electrons. The monoisotopic (exact) mass is 396 g/mol. The number of rotatable bonds is 7. The van der Waals surface area contributed by atoms with Crippen LogP contribution in [0.25, 0.3) is 11.0 Å². The van der Waals surface area contributed by atoms with Gasteiger partial charge in [-0.3, -0.25) is 4.79 Å². The minimum atomic E-state index is -3.39. The van der Waals surface area contributed by atoms with E-state index >= 15 is 0 Å². The SMILES string of the molecule is CCCS(=O)(=O)N1CCCC1C(=O)NCCc1nc2ccc(F)cc2n1C. The number of amides is 1. The van der Waals surface area contributed by atoms with Crippen molar-refractivity contribution in [2.75, 3.05) is 18.8 Å². The molecular weight excluding hydrogens is 371 g/mol. The van der Waals surface area contributed by atoms with Crippen LogP contribution in [0.1, 0.15) is 32.0 Å². The van der Waals surface area contributed by atoms with Gasteiger partial charge in [0.1, 0.15) is 17.7 Å². The highest BCUT2D eigenvalue weighted by molar-refractivity contribution is 7.89. The van der Waals surface area contributed by atoms with E-state index in [1.807, 2.05) is 14.0 Å². The summed E-state index contributed by atoms with van der Waals surface area (Å²) in [6.07, 6.45) is 2.24. The van der Waals surface area contributed by atoms with Crippen molar-refractivity contribution < 1.29 is 17.6 Å². The molecule has 2 aromatic rings. The van der Waals surface area contributed by atoms with Gasteiger partial charge in [-0.15, -0.1) is 0 Å². The average Bonchev–Trinajstić information content (AvgIpc) is 3.22. The van der Waals surface area contributed by atoms with Gasteiger partial charge in [0, 0.05) is 26.6 Å². The first kappa shape index (κ1) is 19.8. The number of imidazole rings is 1. The van der Waals surface area contributed by atoms with Crippen LogP contribution >= 0.6 is 0 Å². The highest BCUT2D eigenvalue weighted by Gasteiger charge is 2.37. The topological polar surface area (TPSA) is 84.3 Å². The maximum atomic E-state index is 13.4. The number of halogens is 1. The van der Waals surface area contributed by atoms with E-state index in [9.17, 15) is 17.6 Å². The molecule has 0 aliphatic carbocycles. The Balaban J connectivity index is 1.62. The average molecular weight is 396 g/mol. The zero-order valence-electron chi connectivity index (χ0n) is 15.6. The molecule has 0 radical (unpaired) electrons. The van der Waals surface area contributed by atoms with Crippen molar-refractivity contribution in [3.8, 4) is 0 Å². The molecule has 0 spiro atoms. The Morgan fingerprint density at radius 2 is 2.19 bits per heavy atom. The molecule has 1 aliphatic rings. The molecule has 1 aromatic carbocycles. The van der Waals surface area contributed by atoms with Gasteiger partial charge in [0.25, 0.3) is 0 Å². The van der Waals surface area contributed by atoms with Gasteiger partial charge < -0.3 is 9.88 Å². The third-order valence-corrected chi connectivity index (χ3v) is 6.98. The Morgan fingerprint density at radius 3 is 2.93 bits per heavy atom. The number of hydrogen-bond donors (Lipinski definition) is 1. The van der Waals surface area contributed by atoms with Gasteiger partial charge in [-0.25, -0.2) is 17.8 Å². The summed E-state index contributed by atoms with van der Waals surface area (Å²) in [6, 6.07) is 3.80. The van der Waals surface area contributed by atoms with E-state index in [0.717, 1.165) is 5.82 Å². The van der Waals surface area contributed by atoms with E-state index in [-0.39, 0.29) is 17.5 Å². The third kappa shape index (κ3) is 4.14. The molecule has 1 unspecified atom stereocenters. The number of benzene rings is 1. The van der Waals surface area contributed by atoms with Crippen molar-refractivity contribution in [3.63, 3.8) is 0 Å². The molecule has 1 fully saturated rings. The number of fused-ring (bicyclic) bond motifs is 1. The second-order valence-electron chi connectivity index (χ2n) is 6.85. The third-order valence-electron chi connectivity index (χ3n) is 4.91. The van der Waals surface area contributed by atoms with E-state index in [4.69, 9.17) is 0 Å². The number of carbonyl (C=O) groups is 1. The molecular formula is C18H25FN4O3S. The van der Waals surface area contributed by atoms with E-state index in [1.165, 1.54) is 16.4 Å². The smallest absolute Gasteiger partial charge is 0.238 e. The van der Waals surface area contributed by atoms with Gasteiger partial charge in [-0.1, -0.05) is 6.92 Å². The molecule has 1 N–H and O–H groups in total. The summed E-state index contributed by atoms with van der Waals surface area (Å²) in [6.45, 7) is 2.55. The Morgan fingerprint density at radius 1 is 1.41 bits per heavy atom. The molecule has 1 atom stereocenters. The predicted octanol–water partition coefficient (Wildman–Crippen LogP) is 1.58. The van der Waals surface area contributed by atoms with Crippen LogP contribution in [0.5, 0.6) is 0 Å². The molecule has 3 rings (SSSR count). The molecule has 0 bridgehead atoms. The predicted molar refractivity (Wildman–Crippen MR) is 101 cm³/mol. The lowest BCUT2D eigenvalue weighted by Crippen LogP contribution is -2.47. The Bertz CT molecular complexity index is 941. The fourth-order valence-corrected chi connectivity index (χ4v) is 5.31. The number of aryl methyl sites for hydroxylation is 1. The minimum absolute atomic E-state index is 0.0627. The zero-order chi connectivity index (χ0) is 19.6. The maximum absolute atomic E-state index is 13.4. The summed E-state index contributed by atoms with van der Waals surface area (Å²) < 4.78 is 41.2. The van der Waals surface area contributed by atoms with Gasteiger partial charge in [0.05, 0.1) is 16.8 Å². The van der Waals surface area contributed by atoms with E-state index in [0.29, 0.717) is 49.8 Å². The van der Waals surface area contributed by atoms with Crippen molar-refractivity contribution in [3.05, 3.63) is 29.8 Å². The minimum Gasteiger partial charge on any atom is -0.354 e. The van der Waals surface area contributed by atoms with Crippen LogP contribution in [0.2, 0.25) is 0 Å². The molecule has 7 nitrogen and oxygen atoms in total. The molecule has 27 heavy (non-hydrogen) atoms. The summed E-state index contributed by atoms with van der Waals surface area (Å²) in [4.78, 5) is 17.0. The van der Waals surface area contributed by atoms with E-state index in [2.05, 4.69) is 10.3 Å². The first-order valence-electron chi connectivity index (χ1n) is 9.21. The van der Waals surface area contributed by atoms with Crippen molar-refractivity contribution in [1.29, 1.82) is 0 Å². The quantitative estimate of drug-likeness (QED) is 0.770. The molecule has 1 aliphatic heterocycles. The number of carbonyl (C=O) groups excluding carboxylic acids is 1. The lowest BCUT2D eigenvalue weighted by molar-refractivity contribution is -0.124. The zero-order valence-corrected chi connectivity index (χ0v) is 16.4. The number of nitrogens with zero attached hydrogens (tertiary/aromatic N) is 3. The molecule has 1 aromatic heterocycles. The molecule has 2 heterocycles. The molecule has 9 heteroatoms. The summed E-state index contributed by atoms with van der Waals surface area (Å²) >= 11 is 0. The van der Waals surface area contributed by atoms with Gasteiger partial charge in [0.2, 0.25) is 15.9 Å². The number of nitrogens with one attached hydrogen (secondary N) is 1. The summed E-state index contributed by atoms with van der Waals surface area (Å²) in [5, 5.41) is 2.83. The lowest BCUT2D eigenvalue weighted by Gasteiger charge is -2.23. The summed E-state index contributed by atoms with van der Waals surface area (Å²) in [7, 11) is -1.58. The van der Waals surface area contributed by atoms with Crippen LogP contribution in [-0.4, -0.2) is 53.1 Å². The fraction of sp³-hybridized carbons (Fsp3) is 0.556. The summed E-state index contributed by atoms with van der Waals surface area (Å²) in [5.41, 5.74) is 1.40. The summed E-state index contributed by atoms with van der Waals surface area (Å²) in [5.74, 6) is 0.211. The Labute approximate surface area is 158 Å². The van der Waals surface area contributed by atoms with Crippen molar-refractivity contribution in [1.82, 2.24) is 19.2 Å². The van der Waals surface area contributed by atoms with Gasteiger partial charge in [-0.2, -0.15) is 4.31 Å². The van der Waals surface area contributed by atoms with Crippen LogP contribution < -0.4 is 5.32 Å². The van der Waals surface area contributed by atoms with Crippen molar-refractivity contribution in [2.45, 2.75) is 38.6 Å². The normalized spacial score (nSPS) is 18.3. The second-order valence-corrected chi connectivity index (χ2v) is 8.89. The van der Waals surface area contributed by atoms with E-state index in [1.54, 1.807) is 10.6 Å². The standard InChI is InChI=1S/C18H25FN4O3S/c1-3-11-27(25,26)23-10-4-5-15(23)18(24)20-9-8-17-21-14-7-6-13(19)12-16(14)22(17)2/h6-7,12,15H,3-5,8-11H2,1-2H3,(H,20,24). The van der Waals surface area contributed by atoms with Crippen molar-refractivity contribution in [2.24, 2.45) is 7.05 Å². The largest absolute Gasteiger partial charge is 0.354 e. The number of sulfonamides is 1. The fourth-order valence-electron chi connectivity index (χ4n) is 3.56. The highest BCUT2D eigenvalue weighted by atomic mass is 32.2. The van der Waals surface area contributed by atoms with Crippen molar-refractivity contribution >= 4 is 27.0 Å². The lowest BCUT2D eigenvalue weighted by atomic mass is 10.2. The van der Waals surface area contributed by atoms with Crippen LogP contribution in [0.15, 0.2) is 18.2 Å². The molecule has 1 amide bonds. The van der Waals surface area contributed by atoms with Gasteiger partial charge in [-0.05, 0) is 37.5 Å². The number of hydrogen-bond acceptors (Lipinski definition) is 4. The van der Waals surface area contributed by atoms with Crippen LogP contribution in [-0.2, 0) is 28.3 Å². The van der Waals surface area contributed by atoms with E-state index < -0.39 is 16.1 Å². The first-order valence-corrected chi connectivity index (χ1v) is 10.8. The van der Waals surface area contributed by atoms with Gasteiger partial charge >= 0.3 is 0 Å². The Hall–Kier alpha value is -2.00. The molecule has 1 saturated heterocycles.